The number of aromatic nitrogens is 1. The minimum atomic E-state index is -0.940. The van der Waals surface area contributed by atoms with Crippen molar-refractivity contribution in [2.24, 2.45) is 7.05 Å². The van der Waals surface area contributed by atoms with E-state index in [9.17, 15) is 13.4 Å². The second-order valence-electron chi connectivity index (χ2n) is 6.04. The van der Waals surface area contributed by atoms with Crippen LogP contribution >= 0.6 is 0 Å². The molecule has 4 nitrogen and oxygen atoms in total. The van der Waals surface area contributed by atoms with Crippen LogP contribution in [0.1, 0.15) is 16.1 Å². The highest BCUT2D eigenvalue weighted by molar-refractivity contribution is 7.83. The molecule has 1 atom stereocenters. The van der Waals surface area contributed by atoms with Crippen LogP contribution in [0.4, 0.5) is 10.1 Å². The van der Waals surface area contributed by atoms with Gasteiger partial charge in [0, 0.05) is 41.2 Å². The summed E-state index contributed by atoms with van der Waals surface area (Å²) < 4.78 is 26.2. The Balaban J connectivity index is 1.81. The van der Waals surface area contributed by atoms with Gasteiger partial charge in [0.25, 0.3) is 5.91 Å². The molecule has 0 aliphatic heterocycles. The molecule has 2 aromatic carbocycles. The molecular weight excluding hydrogens is 351 g/mol. The molecule has 3 aromatic rings. The van der Waals surface area contributed by atoms with Crippen molar-refractivity contribution >= 4 is 22.4 Å². The van der Waals surface area contributed by atoms with Gasteiger partial charge in [0.05, 0.1) is 0 Å². The molecule has 0 saturated carbocycles. The van der Waals surface area contributed by atoms with Crippen molar-refractivity contribution in [3.8, 4) is 11.3 Å². The van der Waals surface area contributed by atoms with Crippen molar-refractivity contribution < 1.29 is 13.4 Å². The number of halogens is 1. The van der Waals surface area contributed by atoms with E-state index >= 15 is 0 Å². The topological polar surface area (TPSA) is 51.1 Å². The maximum atomic E-state index is 13.1. The third kappa shape index (κ3) is 4.08. The van der Waals surface area contributed by atoms with Gasteiger partial charge in [-0.3, -0.25) is 9.00 Å². The van der Waals surface area contributed by atoms with Gasteiger partial charge in [-0.2, -0.15) is 0 Å². The van der Waals surface area contributed by atoms with Crippen molar-refractivity contribution in [1.82, 2.24) is 4.57 Å². The minimum absolute atomic E-state index is 0.240. The van der Waals surface area contributed by atoms with Crippen LogP contribution in [0, 0.1) is 5.82 Å². The molecule has 0 unspecified atom stereocenters. The molecule has 1 N–H and O–H groups in total. The lowest BCUT2D eigenvalue weighted by molar-refractivity contribution is 0.101. The first-order valence-electron chi connectivity index (χ1n) is 8.06. The quantitative estimate of drug-likeness (QED) is 0.739. The van der Waals surface area contributed by atoms with Crippen molar-refractivity contribution in [3.05, 3.63) is 77.7 Å². The van der Waals surface area contributed by atoms with E-state index in [1.54, 1.807) is 42.1 Å². The standard InChI is InChI=1S/C20H19FN2O2S/c1-23-18(15-6-8-16(21)9-7-15)10-11-19(23)20(24)22-17-5-3-4-14(12-17)13-26(2)25/h3-12H,13H2,1-2H3,(H,22,24)/t26-/m0/s1. The number of carbonyl (C=O) groups excluding carboxylic acids is 1. The van der Waals surface area contributed by atoms with E-state index in [0.29, 0.717) is 17.1 Å². The number of hydrogen-bond donors (Lipinski definition) is 1. The van der Waals surface area contributed by atoms with E-state index in [0.717, 1.165) is 16.8 Å². The van der Waals surface area contributed by atoms with E-state index in [-0.39, 0.29) is 11.7 Å². The van der Waals surface area contributed by atoms with Gasteiger partial charge >= 0.3 is 0 Å². The molecule has 1 amide bonds. The maximum Gasteiger partial charge on any atom is 0.272 e. The lowest BCUT2D eigenvalue weighted by Gasteiger charge is -2.10. The van der Waals surface area contributed by atoms with Crippen LogP contribution in [-0.2, 0) is 23.6 Å². The molecule has 1 heterocycles. The van der Waals surface area contributed by atoms with Gasteiger partial charge in [0.1, 0.15) is 11.5 Å². The first-order chi connectivity index (χ1) is 12.4. The van der Waals surface area contributed by atoms with Crippen LogP contribution in [-0.4, -0.2) is 20.9 Å². The second kappa shape index (κ2) is 7.66. The Morgan fingerprint density at radius 2 is 1.85 bits per heavy atom. The Hall–Kier alpha value is -2.73. The van der Waals surface area contributed by atoms with Crippen LogP contribution in [0.15, 0.2) is 60.7 Å². The first-order valence-corrected chi connectivity index (χ1v) is 9.79. The predicted molar refractivity (Wildman–Crippen MR) is 103 cm³/mol. The number of hydrogen-bond acceptors (Lipinski definition) is 2. The van der Waals surface area contributed by atoms with Crippen molar-refractivity contribution in [1.29, 1.82) is 0 Å². The lowest BCUT2D eigenvalue weighted by atomic mass is 10.1. The van der Waals surface area contributed by atoms with Crippen LogP contribution in [0.25, 0.3) is 11.3 Å². The van der Waals surface area contributed by atoms with Gasteiger partial charge in [-0.25, -0.2) is 4.39 Å². The fourth-order valence-corrected chi connectivity index (χ4v) is 3.47. The number of nitrogens with zero attached hydrogens (tertiary/aromatic N) is 1. The molecule has 26 heavy (non-hydrogen) atoms. The number of benzene rings is 2. The van der Waals surface area contributed by atoms with E-state index in [1.807, 2.05) is 24.3 Å². The van der Waals surface area contributed by atoms with E-state index in [4.69, 9.17) is 0 Å². The Bertz CT molecular complexity index is 964. The molecule has 0 saturated heterocycles. The molecule has 0 radical (unpaired) electrons. The zero-order valence-corrected chi connectivity index (χ0v) is 15.3. The summed E-state index contributed by atoms with van der Waals surface area (Å²) in [6, 6.07) is 17.0. The minimum Gasteiger partial charge on any atom is -0.340 e. The molecular formula is C20H19FN2O2S. The molecule has 0 spiro atoms. The molecule has 6 heteroatoms. The highest BCUT2D eigenvalue weighted by Gasteiger charge is 2.14. The number of amides is 1. The largest absolute Gasteiger partial charge is 0.340 e. The zero-order chi connectivity index (χ0) is 18.7. The summed E-state index contributed by atoms with van der Waals surface area (Å²) in [7, 11) is 0.856. The third-order valence-electron chi connectivity index (χ3n) is 4.05. The molecule has 0 fully saturated rings. The lowest BCUT2D eigenvalue weighted by Crippen LogP contribution is -2.16. The number of anilines is 1. The molecule has 0 bridgehead atoms. The van der Waals surface area contributed by atoms with Gasteiger partial charge in [0.15, 0.2) is 0 Å². The Labute approximate surface area is 154 Å². The molecule has 0 aliphatic carbocycles. The smallest absolute Gasteiger partial charge is 0.272 e. The molecule has 134 valence electrons. The molecule has 0 aliphatic rings. The average molecular weight is 370 g/mol. The van der Waals surface area contributed by atoms with Gasteiger partial charge in [-0.05, 0) is 59.7 Å². The summed E-state index contributed by atoms with van der Waals surface area (Å²) in [5, 5.41) is 2.87. The monoisotopic (exact) mass is 370 g/mol. The summed E-state index contributed by atoms with van der Waals surface area (Å²) in [5.74, 6) is -0.0905. The fraction of sp³-hybridized carbons (Fsp3) is 0.150. The highest BCUT2D eigenvalue weighted by atomic mass is 32.2. The fourth-order valence-electron chi connectivity index (χ4n) is 2.82. The van der Waals surface area contributed by atoms with Gasteiger partial charge < -0.3 is 9.88 Å². The summed E-state index contributed by atoms with van der Waals surface area (Å²) in [6.45, 7) is 0. The Kier molecular flexibility index (Phi) is 5.32. The number of rotatable bonds is 5. The molecule has 1 aromatic heterocycles. The summed E-state index contributed by atoms with van der Waals surface area (Å²) in [4.78, 5) is 12.6. The second-order valence-corrected chi connectivity index (χ2v) is 7.48. The van der Waals surface area contributed by atoms with E-state index in [2.05, 4.69) is 5.32 Å². The number of carbonyl (C=O) groups is 1. The Morgan fingerprint density at radius 1 is 1.12 bits per heavy atom. The van der Waals surface area contributed by atoms with Gasteiger partial charge in [-0.1, -0.05) is 12.1 Å². The van der Waals surface area contributed by atoms with Crippen LogP contribution in [0.5, 0.6) is 0 Å². The van der Waals surface area contributed by atoms with Gasteiger partial charge in [-0.15, -0.1) is 0 Å². The van der Waals surface area contributed by atoms with Crippen molar-refractivity contribution in [2.45, 2.75) is 5.75 Å². The third-order valence-corrected chi connectivity index (χ3v) is 4.79. The van der Waals surface area contributed by atoms with Crippen LogP contribution in [0.2, 0.25) is 0 Å². The van der Waals surface area contributed by atoms with Crippen LogP contribution in [0.3, 0.4) is 0 Å². The highest BCUT2D eigenvalue weighted by Crippen LogP contribution is 2.23. The SMILES string of the molecule is Cn1c(C(=O)Nc2cccc(C[S@](C)=O)c2)ccc1-c1ccc(F)cc1. The predicted octanol–water partition coefficient (Wildman–Crippen LogP) is 3.96. The summed E-state index contributed by atoms with van der Waals surface area (Å²) in [5.41, 5.74) is 3.71. The average Bonchev–Trinajstić information content (AvgIpc) is 2.97. The van der Waals surface area contributed by atoms with Crippen LogP contribution < -0.4 is 5.32 Å². The van der Waals surface area contributed by atoms with Gasteiger partial charge in [0.2, 0.25) is 0 Å². The first kappa shape index (κ1) is 18.1. The maximum absolute atomic E-state index is 13.1. The summed E-state index contributed by atoms with van der Waals surface area (Å²) >= 11 is 0. The normalized spacial score (nSPS) is 12.0. The van der Waals surface area contributed by atoms with Crippen molar-refractivity contribution in [3.63, 3.8) is 0 Å². The van der Waals surface area contributed by atoms with E-state index in [1.165, 1.54) is 12.1 Å². The molecule has 3 rings (SSSR count). The van der Waals surface area contributed by atoms with Crippen molar-refractivity contribution in [2.75, 3.05) is 11.6 Å². The summed E-state index contributed by atoms with van der Waals surface area (Å²) in [6.07, 6.45) is 1.65. The van der Waals surface area contributed by atoms with E-state index < -0.39 is 10.8 Å². The Morgan fingerprint density at radius 3 is 2.54 bits per heavy atom. The zero-order valence-electron chi connectivity index (χ0n) is 14.5. The number of nitrogens with one attached hydrogen (secondary N) is 1.